The van der Waals surface area contributed by atoms with Crippen LogP contribution < -0.4 is 0 Å². The summed E-state index contributed by atoms with van der Waals surface area (Å²) < 4.78 is 0. The van der Waals surface area contributed by atoms with Crippen molar-refractivity contribution < 1.29 is 19.8 Å². The van der Waals surface area contributed by atoms with Crippen molar-refractivity contribution in [3.8, 4) is 0 Å². The highest BCUT2D eigenvalue weighted by Gasteiger charge is 2.09. The van der Waals surface area contributed by atoms with Crippen LogP contribution in [0.15, 0.2) is 11.1 Å². The molecule has 0 aliphatic heterocycles. The van der Waals surface area contributed by atoms with E-state index in [1.807, 2.05) is 6.92 Å². The van der Waals surface area contributed by atoms with Crippen LogP contribution in [0.25, 0.3) is 0 Å². The Bertz CT molecular complexity index is 253. The summed E-state index contributed by atoms with van der Waals surface area (Å²) in [5.74, 6) is -1.85. The molecule has 0 aliphatic carbocycles. The Balaban J connectivity index is 4.49. The van der Waals surface area contributed by atoms with Crippen molar-refractivity contribution in [3.05, 3.63) is 11.1 Å². The van der Waals surface area contributed by atoms with Gasteiger partial charge in [-0.1, -0.05) is 18.9 Å². The maximum atomic E-state index is 10.7. The van der Waals surface area contributed by atoms with Gasteiger partial charge in [0.2, 0.25) is 0 Å². The third kappa shape index (κ3) is 4.64. The Kier molecular flexibility index (Phi) is 5.60. The van der Waals surface area contributed by atoms with Crippen molar-refractivity contribution in [2.45, 2.75) is 39.5 Å². The summed E-state index contributed by atoms with van der Waals surface area (Å²) in [6, 6.07) is 0. The van der Waals surface area contributed by atoms with Crippen LogP contribution in [-0.4, -0.2) is 22.2 Å². The van der Waals surface area contributed by atoms with Crippen molar-refractivity contribution in [1.82, 2.24) is 0 Å². The lowest BCUT2D eigenvalue weighted by Crippen LogP contribution is -2.03. The quantitative estimate of drug-likeness (QED) is 0.643. The fourth-order valence-electron chi connectivity index (χ4n) is 1.21. The monoisotopic (exact) mass is 200 g/mol. The van der Waals surface area contributed by atoms with Gasteiger partial charge in [0.05, 0.1) is 0 Å². The summed E-state index contributed by atoms with van der Waals surface area (Å²) in [4.78, 5) is 21.0. The second kappa shape index (κ2) is 6.18. The maximum Gasteiger partial charge on any atom is 0.331 e. The van der Waals surface area contributed by atoms with Crippen molar-refractivity contribution in [3.63, 3.8) is 0 Å². The van der Waals surface area contributed by atoms with Crippen LogP contribution in [0.3, 0.4) is 0 Å². The Labute approximate surface area is 83.2 Å². The minimum atomic E-state index is -0.959. The predicted molar refractivity (Wildman–Crippen MR) is 52.1 cm³/mol. The van der Waals surface area contributed by atoms with Gasteiger partial charge in [0.1, 0.15) is 0 Å². The van der Waals surface area contributed by atoms with Crippen LogP contribution in [-0.2, 0) is 9.59 Å². The predicted octanol–water partition coefficient (Wildman–Crippen LogP) is 2.05. The normalized spacial score (nSPS) is 12.1. The number of carboxylic acid groups (broad SMARTS) is 2. The molecule has 0 saturated heterocycles. The summed E-state index contributed by atoms with van der Waals surface area (Å²) in [6.45, 7) is 3.46. The molecule has 0 heterocycles. The molecule has 80 valence electrons. The van der Waals surface area contributed by atoms with E-state index >= 15 is 0 Å². The summed E-state index contributed by atoms with van der Waals surface area (Å²) in [7, 11) is 0. The van der Waals surface area contributed by atoms with Crippen molar-refractivity contribution in [2.75, 3.05) is 0 Å². The van der Waals surface area contributed by atoms with Crippen molar-refractivity contribution >= 4 is 11.9 Å². The number of hydrogen-bond acceptors (Lipinski definition) is 2. The van der Waals surface area contributed by atoms with E-state index in [1.54, 1.807) is 0 Å². The van der Waals surface area contributed by atoms with Crippen molar-refractivity contribution in [1.29, 1.82) is 0 Å². The van der Waals surface area contributed by atoms with Gasteiger partial charge in [-0.2, -0.15) is 0 Å². The average molecular weight is 200 g/mol. The molecule has 2 N–H and O–H groups in total. The minimum absolute atomic E-state index is 0.0000463. The number of rotatable bonds is 6. The van der Waals surface area contributed by atoms with E-state index in [4.69, 9.17) is 10.2 Å². The molecule has 0 aromatic heterocycles. The summed E-state index contributed by atoms with van der Waals surface area (Å²) in [6.07, 6.45) is 1.83. The first kappa shape index (κ1) is 12.7. The number of carbonyl (C=O) groups is 2. The zero-order valence-electron chi connectivity index (χ0n) is 8.54. The first-order valence-corrected chi connectivity index (χ1v) is 4.62. The van der Waals surface area contributed by atoms with Crippen LogP contribution in [0.1, 0.15) is 39.5 Å². The van der Waals surface area contributed by atoms with Gasteiger partial charge < -0.3 is 10.2 Å². The van der Waals surface area contributed by atoms with Crippen LogP contribution >= 0.6 is 0 Å². The first-order valence-electron chi connectivity index (χ1n) is 4.62. The Morgan fingerprint density at radius 1 is 1.07 bits per heavy atom. The van der Waals surface area contributed by atoms with E-state index in [-0.39, 0.29) is 12.0 Å². The van der Waals surface area contributed by atoms with Gasteiger partial charge in [0.25, 0.3) is 0 Å². The van der Waals surface area contributed by atoms with Crippen molar-refractivity contribution in [2.24, 2.45) is 0 Å². The van der Waals surface area contributed by atoms with E-state index in [1.165, 1.54) is 6.92 Å². The highest BCUT2D eigenvalue weighted by molar-refractivity contribution is 5.86. The van der Waals surface area contributed by atoms with Gasteiger partial charge in [-0.15, -0.1) is 0 Å². The van der Waals surface area contributed by atoms with E-state index in [0.717, 1.165) is 12.0 Å². The van der Waals surface area contributed by atoms with E-state index in [9.17, 15) is 9.59 Å². The second-order valence-corrected chi connectivity index (χ2v) is 3.18. The molecule has 4 heteroatoms. The molecule has 0 spiro atoms. The molecule has 0 radical (unpaired) electrons. The smallest absolute Gasteiger partial charge is 0.331 e. The van der Waals surface area contributed by atoms with Gasteiger partial charge in [0, 0.05) is 12.0 Å². The fraction of sp³-hybridized carbons (Fsp3) is 0.600. The molecule has 0 fully saturated rings. The highest BCUT2D eigenvalue weighted by Crippen LogP contribution is 2.17. The molecular formula is C10H16O4. The molecule has 0 aliphatic rings. The Hall–Kier alpha value is -1.32. The lowest BCUT2D eigenvalue weighted by Gasteiger charge is -2.06. The van der Waals surface area contributed by atoms with Crippen LogP contribution in [0.5, 0.6) is 0 Å². The third-order valence-electron chi connectivity index (χ3n) is 2.04. The molecule has 0 bridgehead atoms. The first-order chi connectivity index (χ1) is 6.49. The van der Waals surface area contributed by atoms with Gasteiger partial charge in [0.15, 0.2) is 0 Å². The number of allylic oxidation sites excluding steroid dienone is 1. The standard InChI is InChI=1S/C10H16O4/c1-3-4-8(5-6-9(11)12)7(2)10(13)14/h3-6H2,1-2H3,(H,11,12)(H,13,14). The van der Waals surface area contributed by atoms with Gasteiger partial charge in [-0.25, -0.2) is 4.79 Å². The van der Waals surface area contributed by atoms with Gasteiger partial charge >= 0.3 is 11.9 Å². The Morgan fingerprint density at radius 2 is 1.64 bits per heavy atom. The average Bonchev–Trinajstić information content (AvgIpc) is 2.10. The van der Waals surface area contributed by atoms with Gasteiger partial charge in [-0.3, -0.25) is 4.79 Å². The molecule has 0 atom stereocenters. The fourth-order valence-corrected chi connectivity index (χ4v) is 1.21. The molecule has 4 nitrogen and oxygen atoms in total. The lowest BCUT2D eigenvalue weighted by atomic mass is 10.00. The largest absolute Gasteiger partial charge is 0.481 e. The van der Waals surface area contributed by atoms with Gasteiger partial charge in [-0.05, 0) is 19.8 Å². The summed E-state index contributed by atoms with van der Waals surface area (Å²) >= 11 is 0. The number of carboxylic acids is 2. The van der Waals surface area contributed by atoms with Crippen LogP contribution in [0, 0.1) is 0 Å². The van der Waals surface area contributed by atoms with Crippen LogP contribution in [0.4, 0.5) is 0 Å². The topological polar surface area (TPSA) is 74.6 Å². The molecule has 0 amide bonds. The second-order valence-electron chi connectivity index (χ2n) is 3.18. The molecular weight excluding hydrogens is 184 g/mol. The molecule has 0 aromatic rings. The molecule has 0 unspecified atom stereocenters. The Morgan fingerprint density at radius 3 is 2.00 bits per heavy atom. The molecule has 0 saturated carbocycles. The SMILES string of the molecule is CCCC(CCC(=O)O)=C(C)C(=O)O. The number of aliphatic carboxylic acids is 2. The zero-order valence-corrected chi connectivity index (χ0v) is 8.54. The molecule has 0 aromatic carbocycles. The minimum Gasteiger partial charge on any atom is -0.481 e. The summed E-state index contributed by atoms with van der Waals surface area (Å²) in [5.41, 5.74) is 1.02. The maximum absolute atomic E-state index is 10.7. The van der Waals surface area contributed by atoms with E-state index in [2.05, 4.69) is 0 Å². The highest BCUT2D eigenvalue weighted by atomic mass is 16.4. The van der Waals surface area contributed by atoms with E-state index in [0.29, 0.717) is 12.8 Å². The third-order valence-corrected chi connectivity index (χ3v) is 2.04. The van der Waals surface area contributed by atoms with Crippen LogP contribution in [0.2, 0.25) is 0 Å². The lowest BCUT2D eigenvalue weighted by molar-refractivity contribution is -0.137. The van der Waals surface area contributed by atoms with E-state index < -0.39 is 11.9 Å². The molecule has 14 heavy (non-hydrogen) atoms. The summed E-state index contributed by atoms with van der Waals surface area (Å²) in [5, 5.41) is 17.2. The molecule has 0 rings (SSSR count). The number of hydrogen-bond donors (Lipinski definition) is 2. The zero-order chi connectivity index (χ0) is 11.1.